The highest BCUT2D eigenvalue weighted by Gasteiger charge is 2.56. The van der Waals surface area contributed by atoms with Gasteiger partial charge in [-0.2, -0.15) is 0 Å². The predicted octanol–water partition coefficient (Wildman–Crippen LogP) is -0.612. The topological polar surface area (TPSA) is 132 Å². The molecule has 0 saturated carbocycles. The van der Waals surface area contributed by atoms with Gasteiger partial charge < -0.3 is 20.4 Å². The standard InChI is InChI=1S/C8H12O7/c1-7(2,5(11)12)8(15,6(13)14)3-4(9)10/h15H,3H2,1-2H3,(H,9,10)(H,11,12)(H,13,14). The van der Waals surface area contributed by atoms with Crippen molar-refractivity contribution in [2.45, 2.75) is 25.9 Å². The summed E-state index contributed by atoms with van der Waals surface area (Å²) in [5.41, 5.74) is -4.94. The van der Waals surface area contributed by atoms with Gasteiger partial charge in [0.25, 0.3) is 0 Å². The smallest absolute Gasteiger partial charge is 0.337 e. The Balaban J connectivity index is 5.38. The molecule has 1 atom stereocenters. The zero-order valence-corrected chi connectivity index (χ0v) is 8.22. The lowest BCUT2D eigenvalue weighted by molar-refractivity contribution is -0.189. The van der Waals surface area contributed by atoms with Crippen LogP contribution in [0.15, 0.2) is 0 Å². The van der Waals surface area contributed by atoms with Gasteiger partial charge in [0, 0.05) is 0 Å². The first-order valence-electron chi connectivity index (χ1n) is 3.96. The van der Waals surface area contributed by atoms with Gasteiger partial charge in [0.1, 0.15) is 5.41 Å². The van der Waals surface area contributed by atoms with E-state index >= 15 is 0 Å². The predicted molar refractivity (Wildman–Crippen MR) is 46.3 cm³/mol. The second-order valence-corrected chi connectivity index (χ2v) is 3.67. The van der Waals surface area contributed by atoms with E-state index in [0.29, 0.717) is 0 Å². The molecule has 4 N–H and O–H groups in total. The lowest BCUT2D eigenvalue weighted by Gasteiger charge is -2.34. The van der Waals surface area contributed by atoms with Gasteiger partial charge in [-0.1, -0.05) is 0 Å². The molecule has 7 heteroatoms. The summed E-state index contributed by atoms with van der Waals surface area (Å²) in [5, 5.41) is 35.4. The van der Waals surface area contributed by atoms with Crippen LogP contribution < -0.4 is 0 Å². The van der Waals surface area contributed by atoms with Gasteiger partial charge in [-0.3, -0.25) is 9.59 Å². The number of carboxylic acids is 3. The van der Waals surface area contributed by atoms with Crippen LogP contribution >= 0.6 is 0 Å². The molecule has 86 valence electrons. The largest absolute Gasteiger partial charge is 0.481 e. The van der Waals surface area contributed by atoms with E-state index in [1.165, 1.54) is 0 Å². The van der Waals surface area contributed by atoms with Crippen molar-refractivity contribution in [3.05, 3.63) is 0 Å². The number of aliphatic hydroxyl groups is 1. The maximum Gasteiger partial charge on any atom is 0.337 e. The Labute approximate surface area is 85.0 Å². The third-order valence-electron chi connectivity index (χ3n) is 2.33. The van der Waals surface area contributed by atoms with Gasteiger partial charge >= 0.3 is 17.9 Å². The molecule has 0 aliphatic carbocycles. The quantitative estimate of drug-likeness (QED) is 0.485. The van der Waals surface area contributed by atoms with Crippen LogP contribution in [-0.4, -0.2) is 43.9 Å². The Morgan fingerprint density at radius 2 is 1.40 bits per heavy atom. The van der Waals surface area contributed by atoms with Crippen LogP contribution in [0.25, 0.3) is 0 Å². The summed E-state index contributed by atoms with van der Waals surface area (Å²) in [6, 6.07) is 0. The van der Waals surface area contributed by atoms with Crippen molar-refractivity contribution in [1.29, 1.82) is 0 Å². The number of rotatable bonds is 5. The Kier molecular flexibility index (Phi) is 3.44. The maximum absolute atomic E-state index is 10.7. The maximum atomic E-state index is 10.7. The van der Waals surface area contributed by atoms with Crippen LogP contribution in [0.2, 0.25) is 0 Å². The van der Waals surface area contributed by atoms with Crippen molar-refractivity contribution in [3.8, 4) is 0 Å². The number of carbonyl (C=O) groups is 3. The first-order valence-corrected chi connectivity index (χ1v) is 3.96. The van der Waals surface area contributed by atoms with Crippen LogP contribution in [0.4, 0.5) is 0 Å². The summed E-state index contributed by atoms with van der Waals surface area (Å²) in [6.45, 7) is 1.90. The van der Waals surface area contributed by atoms with Gasteiger partial charge in [-0.05, 0) is 13.8 Å². The summed E-state index contributed by atoms with van der Waals surface area (Å²) in [5.74, 6) is -5.06. The molecule has 0 aromatic carbocycles. The summed E-state index contributed by atoms with van der Waals surface area (Å²) in [4.78, 5) is 31.8. The second kappa shape index (κ2) is 3.85. The van der Waals surface area contributed by atoms with Crippen LogP contribution in [0.3, 0.4) is 0 Å². The molecule has 0 rings (SSSR count). The Bertz CT molecular complexity index is 306. The Morgan fingerprint density at radius 3 is 1.60 bits per heavy atom. The molecule has 0 aliphatic heterocycles. The Hall–Kier alpha value is -1.63. The minimum atomic E-state index is -2.84. The summed E-state index contributed by atoms with van der Waals surface area (Å²) in [7, 11) is 0. The fourth-order valence-electron chi connectivity index (χ4n) is 0.960. The lowest BCUT2D eigenvalue weighted by atomic mass is 9.73. The number of aliphatic carboxylic acids is 3. The molecular formula is C8H12O7. The average molecular weight is 220 g/mol. The number of hydrogen-bond donors (Lipinski definition) is 4. The third kappa shape index (κ3) is 2.24. The lowest BCUT2D eigenvalue weighted by Crippen LogP contribution is -2.56. The highest BCUT2D eigenvalue weighted by Crippen LogP contribution is 2.34. The summed E-state index contributed by atoms with van der Waals surface area (Å²) < 4.78 is 0. The van der Waals surface area contributed by atoms with E-state index in [9.17, 15) is 19.5 Å². The van der Waals surface area contributed by atoms with Gasteiger partial charge in [0.15, 0.2) is 5.60 Å². The number of carboxylic acid groups (broad SMARTS) is 3. The SMILES string of the molecule is CC(C)(C(=O)O)C(O)(CC(=O)O)C(=O)O. The average Bonchev–Trinajstić information content (AvgIpc) is 2.01. The highest BCUT2D eigenvalue weighted by atomic mass is 16.4. The van der Waals surface area contributed by atoms with E-state index in [0.717, 1.165) is 13.8 Å². The summed E-state index contributed by atoms with van der Waals surface area (Å²) in [6.07, 6.45) is -1.18. The molecule has 0 aromatic heterocycles. The molecule has 0 spiro atoms. The Morgan fingerprint density at radius 1 is 1.00 bits per heavy atom. The van der Waals surface area contributed by atoms with Crippen LogP contribution in [0, 0.1) is 5.41 Å². The molecule has 0 radical (unpaired) electrons. The van der Waals surface area contributed by atoms with Crippen molar-refractivity contribution in [2.24, 2.45) is 5.41 Å². The molecule has 0 heterocycles. The third-order valence-corrected chi connectivity index (χ3v) is 2.33. The zero-order chi connectivity index (χ0) is 12.4. The van der Waals surface area contributed by atoms with Crippen LogP contribution in [-0.2, 0) is 14.4 Å². The van der Waals surface area contributed by atoms with E-state index in [4.69, 9.17) is 15.3 Å². The van der Waals surface area contributed by atoms with E-state index in [1.54, 1.807) is 0 Å². The normalized spacial score (nSPS) is 15.4. The fourth-order valence-corrected chi connectivity index (χ4v) is 0.960. The molecule has 0 bridgehead atoms. The van der Waals surface area contributed by atoms with Crippen LogP contribution in [0.5, 0.6) is 0 Å². The first kappa shape index (κ1) is 13.4. The van der Waals surface area contributed by atoms with Crippen molar-refractivity contribution < 1.29 is 34.8 Å². The molecule has 1 unspecified atom stereocenters. The van der Waals surface area contributed by atoms with Gasteiger partial charge in [0.2, 0.25) is 0 Å². The molecule has 7 nitrogen and oxygen atoms in total. The van der Waals surface area contributed by atoms with Crippen molar-refractivity contribution in [2.75, 3.05) is 0 Å². The molecule has 0 saturated heterocycles. The summed E-state index contributed by atoms with van der Waals surface area (Å²) >= 11 is 0. The van der Waals surface area contributed by atoms with E-state index in [2.05, 4.69) is 0 Å². The molecule has 0 aliphatic rings. The van der Waals surface area contributed by atoms with Crippen molar-refractivity contribution in [3.63, 3.8) is 0 Å². The molecule has 0 fully saturated rings. The van der Waals surface area contributed by atoms with Gasteiger partial charge in [-0.25, -0.2) is 4.79 Å². The zero-order valence-electron chi connectivity index (χ0n) is 8.22. The fraction of sp³-hybridized carbons (Fsp3) is 0.625. The minimum Gasteiger partial charge on any atom is -0.481 e. The molecular weight excluding hydrogens is 208 g/mol. The van der Waals surface area contributed by atoms with Crippen molar-refractivity contribution in [1.82, 2.24) is 0 Å². The van der Waals surface area contributed by atoms with Crippen LogP contribution in [0.1, 0.15) is 20.3 Å². The second-order valence-electron chi connectivity index (χ2n) is 3.67. The van der Waals surface area contributed by atoms with Crippen molar-refractivity contribution >= 4 is 17.9 Å². The first-order chi connectivity index (χ1) is 6.55. The molecule has 0 aromatic rings. The van der Waals surface area contributed by atoms with Gasteiger partial charge in [-0.15, -0.1) is 0 Å². The molecule has 0 amide bonds. The minimum absolute atomic E-state index is 0.951. The monoisotopic (exact) mass is 220 g/mol. The highest BCUT2D eigenvalue weighted by molar-refractivity contribution is 5.91. The van der Waals surface area contributed by atoms with E-state index < -0.39 is 35.3 Å². The van der Waals surface area contributed by atoms with E-state index in [-0.39, 0.29) is 0 Å². The van der Waals surface area contributed by atoms with Gasteiger partial charge in [0.05, 0.1) is 6.42 Å². The molecule has 15 heavy (non-hydrogen) atoms. The number of hydrogen-bond acceptors (Lipinski definition) is 4. The van der Waals surface area contributed by atoms with E-state index in [1.807, 2.05) is 0 Å².